The predicted octanol–water partition coefficient (Wildman–Crippen LogP) is 1.27. The number of phenols is 1. The van der Waals surface area contributed by atoms with E-state index >= 15 is 0 Å². The number of amides is 1. The van der Waals surface area contributed by atoms with Gasteiger partial charge in [0.05, 0.1) is 11.7 Å². The Bertz CT molecular complexity index is 442. The number of hydrogen-bond acceptors (Lipinski definition) is 4. The number of rotatable bonds is 4. The van der Waals surface area contributed by atoms with Crippen LogP contribution in [0.15, 0.2) is 18.2 Å². The van der Waals surface area contributed by atoms with Crippen molar-refractivity contribution in [1.82, 2.24) is 5.32 Å². The standard InChI is InChI=1S/C13H18N2O3/c1-2-18-10-5-8(6-10)15-13(17)11-7-9(16)3-4-12(11)14/h3-4,7-8,10,16H,2,5-6,14H2,1H3,(H,15,17). The zero-order valence-electron chi connectivity index (χ0n) is 10.3. The van der Waals surface area contributed by atoms with Crippen LogP contribution in [0.5, 0.6) is 5.75 Å². The van der Waals surface area contributed by atoms with E-state index in [0.29, 0.717) is 17.9 Å². The highest BCUT2D eigenvalue weighted by molar-refractivity contribution is 5.99. The molecule has 1 fully saturated rings. The van der Waals surface area contributed by atoms with Crippen molar-refractivity contribution in [1.29, 1.82) is 0 Å². The van der Waals surface area contributed by atoms with Crippen LogP contribution < -0.4 is 11.1 Å². The van der Waals surface area contributed by atoms with E-state index in [1.54, 1.807) is 0 Å². The number of nitrogens with one attached hydrogen (secondary N) is 1. The summed E-state index contributed by atoms with van der Waals surface area (Å²) in [5.41, 5.74) is 6.39. The van der Waals surface area contributed by atoms with Crippen LogP contribution >= 0.6 is 0 Å². The van der Waals surface area contributed by atoms with Crippen LogP contribution in [0, 0.1) is 0 Å². The molecule has 18 heavy (non-hydrogen) atoms. The van der Waals surface area contributed by atoms with Crippen molar-refractivity contribution >= 4 is 11.6 Å². The summed E-state index contributed by atoms with van der Waals surface area (Å²) in [6, 6.07) is 4.49. The van der Waals surface area contributed by atoms with E-state index in [1.807, 2.05) is 6.92 Å². The molecule has 1 aromatic rings. The Hall–Kier alpha value is -1.75. The fourth-order valence-corrected chi connectivity index (χ4v) is 2.06. The summed E-state index contributed by atoms with van der Waals surface area (Å²) in [4.78, 5) is 11.9. The molecule has 1 saturated carbocycles. The number of aromatic hydroxyl groups is 1. The number of carbonyl (C=O) groups is 1. The van der Waals surface area contributed by atoms with Gasteiger partial charge in [0.2, 0.25) is 0 Å². The van der Waals surface area contributed by atoms with E-state index in [-0.39, 0.29) is 23.8 Å². The molecule has 98 valence electrons. The van der Waals surface area contributed by atoms with Gasteiger partial charge in [0.1, 0.15) is 5.75 Å². The van der Waals surface area contributed by atoms with E-state index in [9.17, 15) is 9.90 Å². The summed E-state index contributed by atoms with van der Waals surface area (Å²) >= 11 is 0. The zero-order chi connectivity index (χ0) is 13.1. The Morgan fingerprint density at radius 3 is 2.94 bits per heavy atom. The average Bonchev–Trinajstić information content (AvgIpc) is 2.29. The minimum atomic E-state index is -0.247. The van der Waals surface area contributed by atoms with Gasteiger partial charge < -0.3 is 20.9 Å². The van der Waals surface area contributed by atoms with Crippen LogP contribution in [0.25, 0.3) is 0 Å². The second-order valence-electron chi connectivity index (χ2n) is 4.49. The lowest BCUT2D eigenvalue weighted by molar-refractivity contribution is -0.00862. The molecule has 1 aromatic carbocycles. The Kier molecular flexibility index (Phi) is 3.72. The summed E-state index contributed by atoms with van der Waals surface area (Å²) in [6.07, 6.45) is 1.91. The number of carbonyl (C=O) groups excluding carboxylic acids is 1. The zero-order valence-corrected chi connectivity index (χ0v) is 10.3. The maximum absolute atomic E-state index is 11.9. The third kappa shape index (κ3) is 2.73. The first kappa shape index (κ1) is 12.7. The molecule has 1 aliphatic carbocycles. The van der Waals surface area contributed by atoms with Crippen molar-refractivity contribution in [3.63, 3.8) is 0 Å². The number of hydrogen-bond donors (Lipinski definition) is 3. The molecule has 0 atom stereocenters. The Morgan fingerprint density at radius 2 is 2.28 bits per heavy atom. The number of phenolic OH excluding ortho intramolecular Hbond substituents is 1. The molecule has 1 aliphatic rings. The SMILES string of the molecule is CCOC1CC(NC(=O)c2cc(O)ccc2N)C1. The lowest BCUT2D eigenvalue weighted by Gasteiger charge is -2.35. The molecule has 5 heteroatoms. The van der Waals surface area contributed by atoms with Crippen molar-refractivity contribution in [3.05, 3.63) is 23.8 Å². The molecular weight excluding hydrogens is 232 g/mol. The molecule has 0 radical (unpaired) electrons. The summed E-state index contributed by atoms with van der Waals surface area (Å²) in [5.74, 6) is -0.210. The van der Waals surface area contributed by atoms with Gasteiger partial charge in [0.25, 0.3) is 5.91 Å². The fourth-order valence-electron chi connectivity index (χ4n) is 2.06. The van der Waals surface area contributed by atoms with E-state index in [1.165, 1.54) is 18.2 Å². The number of ether oxygens (including phenoxy) is 1. The van der Waals surface area contributed by atoms with Crippen LogP contribution in [0.4, 0.5) is 5.69 Å². The van der Waals surface area contributed by atoms with Crippen molar-refractivity contribution in [3.8, 4) is 5.75 Å². The minimum Gasteiger partial charge on any atom is -0.508 e. The highest BCUT2D eigenvalue weighted by atomic mass is 16.5. The lowest BCUT2D eigenvalue weighted by Crippen LogP contribution is -2.47. The maximum atomic E-state index is 11.9. The quantitative estimate of drug-likeness (QED) is 0.555. The van der Waals surface area contributed by atoms with Gasteiger partial charge in [0.15, 0.2) is 0 Å². The smallest absolute Gasteiger partial charge is 0.253 e. The van der Waals surface area contributed by atoms with Crippen molar-refractivity contribution in [2.45, 2.75) is 31.9 Å². The van der Waals surface area contributed by atoms with Gasteiger partial charge in [-0.05, 0) is 38.0 Å². The van der Waals surface area contributed by atoms with Gasteiger partial charge in [-0.15, -0.1) is 0 Å². The van der Waals surface area contributed by atoms with Crippen LogP contribution in [-0.2, 0) is 4.74 Å². The van der Waals surface area contributed by atoms with Crippen LogP contribution in [0.1, 0.15) is 30.1 Å². The number of nitrogens with two attached hydrogens (primary N) is 1. The second kappa shape index (κ2) is 5.27. The molecule has 4 N–H and O–H groups in total. The number of benzene rings is 1. The molecule has 0 aromatic heterocycles. The molecule has 0 heterocycles. The molecule has 0 saturated heterocycles. The maximum Gasteiger partial charge on any atom is 0.253 e. The summed E-state index contributed by atoms with van der Waals surface area (Å²) in [7, 11) is 0. The Morgan fingerprint density at radius 1 is 1.56 bits per heavy atom. The first-order valence-electron chi connectivity index (χ1n) is 6.11. The summed E-state index contributed by atoms with van der Waals surface area (Å²) in [5, 5.41) is 12.2. The van der Waals surface area contributed by atoms with Gasteiger partial charge >= 0.3 is 0 Å². The average molecular weight is 250 g/mol. The first-order chi connectivity index (χ1) is 8.60. The first-order valence-corrected chi connectivity index (χ1v) is 6.11. The Balaban J connectivity index is 1.91. The lowest BCUT2D eigenvalue weighted by atomic mass is 9.89. The van der Waals surface area contributed by atoms with E-state index in [0.717, 1.165) is 12.8 Å². The number of nitrogen functional groups attached to an aromatic ring is 1. The second-order valence-corrected chi connectivity index (χ2v) is 4.49. The minimum absolute atomic E-state index is 0.0372. The van der Waals surface area contributed by atoms with E-state index < -0.39 is 0 Å². The van der Waals surface area contributed by atoms with Gasteiger partial charge in [0, 0.05) is 18.3 Å². The third-order valence-corrected chi connectivity index (χ3v) is 3.11. The summed E-state index contributed by atoms with van der Waals surface area (Å²) < 4.78 is 5.42. The molecule has 5 nitrogen and oxygen atoms in total. The van der Waals surface area contributed by atoms with Crippen molar-refractivity contribution < 1.29 is 14.6 Å². The van der Waals surface area contributed by atoms with Gasteiger partial charge in [-0.2, -0.15) is 0 Å². The van der Waals surface area contributed by atoms with Crippen molar-refractivity contribution in [2.75, 3.05) is 12.3 Å². The monoisotopic (exact) mass is 250 g/mol. The number of anilines is 1. The van der Waals surface area contributed by atoms with E-state index in [4.69, 9.17) is 10.5 Å². The largest absolute Gasteiger partial charge is 0.508 e. The van der Waals surface area contributed by atoms with Gasteiger partial charge in [-0.3, -0.25) is 4.79 Å². The van der Waals surface area contributed by atoms with E-state index in [2.05, 4.69) is 5.32 Å². The fraction of sp³-hybridized carbons (Fsp3) is 0.462. The molecule has 2 rings (SSSR count). The molecule has 1 amide bonds. The molecule has 0 unspecified atom stereocenters. The summed E-state index contributed by atoms with van der Waals surface area (Å²) in [6.45, 7) is 2.66. The topological polar surface area (TPSA) is 84.6 Å². The molecule has 0 bridgehead atoms. The van der Waals surface area contributed by atoms with Crippen LogP contribution in [0.2, 0.25) is 0 Å². The molecular formula is C13H18N2O3. The van der Waals surface area contributed by atoms with Gasteiger partial charge in [-0.1, -0.05) is 0 Å². The van der Waals surface area contributed by atoms with Gasteiger partial charge in [-0.25, -0.2) is 0 Å². The molecule has 0 aliphatic heterocycles. The molecule has 0 spiro atoms. The Labute approximate surface area is 106 Å². The normalized spacial score (nSPS) is 22.3. The van der Waals surface area contributed by atoms with Crippen LogP contribution in [-0.4, -0.2) is 29.8 Å². The third-order valence-electron chi connectivity index (χ3n) is 3.11. The van der Waals surface area contributed by atoms with Crippen LogP contribution in [0.3, 0.4) is 0 Å². The predicted molar refractivity (Wildman–Crippen MR) is 68.4 cm³/mol. The highest BCUT2D eigenvalue weighted by Crippen LogP contribution is 2.24. The van der Waals surface area contributed by atoms with Crippen molar-refractivity contribution in [2.24, 2.45) is 0 Å². The highest BCUT2D eigenvalue weighted by Gasteiger charge is 2.31.